The van der Waals surface area contributed by atoms with Crippen molar-refractivity contribution in [3.05, 3.63) is 47.3 Å². The van der Waals surface area contributed by atoms with Crippen LogP contribution in [0, 0.1) is 13.8 Å². The Kier molecular flexibility index (Phi) is 8.44. The fraction of sp³-hybridized carbons (Fsp3) is 0.368. The molecule has 3 aromatic rings. The van der Waals surface area contributed by atoms with Crippen LogP contribution in [0.4, 0.5) is 0 Å². The van der Waals surface area contributed by atoms with E-state index in [1.807, 2.05) is 45.0 Å². The molecule has 1 unspecified atom stereocenters. The fourth-order valence-electron chi connectivity index (χ4n) is 2.62. The third-order valence-electron chi connectivity index (χ3n) is 4.05. The molecule has 0 aliphatic heterocycles. The van der Waals surface area contributed by atoms with E-state index in [1.54, 1.807) is 6.20 Å². The van der Waals surface area contributed by atoms with E-state index in [4.69, 9.17) is 9.47 Å². The van der Waals surface area contributed by atoms with Crippen LogP contribution in [-0.2, 0) is 21.3 Å². The normalized spacial score (nSPS) is 12.0. The Morgan fingerprint density at radius 2 is 2.00 bits per heavy atom. The van der Waals surface area contributed by atoms with Crippen molar-refractivity contribution in [3.63, 3.8) is 0 Å². The second-order valence-corrected chi connectivity index (χ2v) is 7.35. The van der Waals surface area contributed by atoms with E-state index in [2.05, 4.69) is 15.0 Å². The third kappa shape index (κ3) is 5.62. The first kappa shape index (κ1) is 22.0. The molecule has 0 spiro atoms. The third-order valence-corrected chi connectivity index (χ3v) is 5.21. The molecule has 1 N–H and O–H groups in total. The van der Waals surface area contributed by atoms with E-state index in [0.717, 1.165) is 33.6 Å². The maximum atomic E-state index is 12.7. The molecule has 3 rings (SSSR count). The number of rotatable bonds is 8. The van der Waals surface area contributed by atoms with Gasteiger partial charge in [-0.05, 0) is 44.5 Å². The Morgan fingerprint density at radius 1 is 1.19 bits per heavy atom. The second kappa shape index (κ2) is 10.3. The van der Waals surface area contributed by atoms with Crippen LogP contribution in [0.25, 0.3) is 11.0 Å². The molecule has 0 saturated heterocycles. The number of fused-ring (bicyclic) bond motifs is 1. The van der Waals surface area contributed by atoms with Gasteiger partial charge in [0.25, 0.3) is 0 Å². The summed E-state index contributed by atoms with van der Waals surface area (Å²) in [6.07, 6.45) is 1.68. The van der Waals surface area contributed by atoms with Crippen LogP contribution in [0.15, 0.2) is 35.6 Å². The predicted molar refractivity (Wildman–Crippen MR) is 108 cm³/mol. The van der Waals surface area contributed by atoms with Crippen molar-refractivity contribution in [2.45, 2.75) is 31.7 Å². The number of aryl methyl sites for hydroxylation is 1. The Morgan fingerprint density at radius 3 is 2.78 bits per heavy atom. The van der Waals surface area contributed by atoms with E-state index in [1.165, 1.54) is 0 Å². The van der Waals surface area contributed by atoms with Crippen LogP contribution in [0.2, 0.25) is 0 Å². The molecule has 0 fully saturated rings. The van der Waals surface area contributed by atoms with Crippen molar-refractivity contribution in [2.24, 2.45) is 0 Å². The number of aromatic amines is 1. The average molecular weight is 396 g/mol. The second-order valence-electron chi connectivity index (χ2n) is 5.98. The largest absolute Gasteiger partial charge is 0.491 e. The van der Waals surface area contributed by atoms with Gasteiger partial charge < -0.3 is 14.5 Å². The van der Waals surface area contributed by atoms with Gasteiger partial charge in [-0.15, -0.1) is 0 Å². The van der Waals surface area contributed by atoms with Crippen molar-refractivity contribution >= 4 is 51.4 Å². The molecule has 0 bridgehead atoms. The molecule has 2 aromatic heterocycles. The quantitative estimate of drug-likeness (QED) is 0.468. The average Bonchev–Trinajstić information content (AvgIpc) is 3.05. The number of hydrogen-bond donors (Lipinski definition) is 1. The van der Waals surface area contributed by atoms with E-state index >= 15 is 0 Å². The molecule has 0 amide bonds. The van der Waals surface area contributed by atoms with Crippen LogP contribution in [0.5, 0.6) is 5.75 Å². The SMILES string of the molecule is CCOCCOc1ccnc(CS(=O)c2nc3ccc(C)cc3[nH]2)c1C.[Na]. The molecule has 1 radical (unpaired) electrons. The van der Waals surface area contributed by atoms with Crippen LogP contribution in [0.3, 0.4) is 0 Å². The first-order chi connectivity index (χ1) is 12.6. The zero-order valence-corrected chi connectivity index (χ0v) is 19.1. The van der Waals surface area contributed by atoms with Gasteiger partial charge in [-0.1, -0.05) is 6.07 Å². The number of ether oxygens (including phenoxy) is 2. The van der Waals surface area contributed by atoms with Gasteiger partial charge in [0.2, 0.25) is 0 Å². The summed E-state index contributed by atoms with van der Waals surface area (Å²) in [5, 5.41) is 0.467. The van der Waals surface area contributed by atoms with E-state index in [9.17, 15) is 4.21 Å². The van der Waals surface area contributed by atoms with Gasteiger partial charge >= 0.3 is 0 Å². The molecule has 0 aliphatic rings. The molecule has 6 nitrogen and oxygen atoms in total. The number of aromatic nitrogens is 3. The number of H-pyrrole nitrogens is 1. The molecular weight excluding hydrogens is 373 g/mol. The van der Waals surface area contributed by atoms with Gasteiger partial charge in [0.1, 0.15) is 12.4 Å². The molecule has 8 heteroatoms. The van der Waals surface area contributed by atoms with Gasteiger partial charge in [0.05, 0.1) is 39.9 Å². The minimum atomic E-state index is -1.31. The smallest absolute Gasteiger partial charge is 0.197 e. The Labute approximate surface area is 183 Å². The minimum Gasteiger partial charge on any atom is -0.491 e. The summed E-state index contributed by atoms with van der Waals surface area (Å²) in [5.74, 6) is 1.03. The number of nitrogens with one attached hydrogen (secondary N) is 1. The summed E-state index contributed by atoms with van der Waals surface area (Å²) in [4.78, 5) is 12.0. The van der Waals surface area contributed by atoms with Crippen LogP contribution >= 0.6 is 0 Å². The van der Waals surface area contributed by atoms with E-state index < -0.39 is 10.8 Å². The predicted octanol–water partition coefficient (Wildman–Crippen LogP) is 2.92. The van der Waals surface area contributed by atoms with Gasteiger partial charge in [0, 0.05) is 47.9 Å². The molecule has 1 atom stereocenters. The number of benzene rings is 1. The summed E-state index contributed by atoms with van der Waals surface area (Å²) < 4.78 is 23.8. The van der Waals surface area contributed by atoms with Crippen LogP contribution < -0.4 is 4.74 Å². The fourth-order valence-corrected chi connectivity index (χ4v) is 3.72. The molecular formula is C19H23N3NaO3S. The first-order valence-corrected chi connectivity index (χ1v) is 9.90. The standard InChI is InChI=1S/C19H23N3O3S.Na/c1-4-24-9-10-25-18-7-8-20-17(14(18)3)12-26(23)19-21-15-6-5-13(2)11-16(15)22-19;/h5-8,11H,4,9-10,12H2,1-3H3,(H,21,22);. The van der Waals surface area contributed by atoms with E-state index in [0.29, 0.717) is 25.0 Å². The van der Waals surface area contributed by atoms with Crippen molar-refractivity contribution in [2.75, 3.05) is 19.8 Å². The summed E-state index contributed by atoms with van der Waals surface area (Å²) in [7, 11) is -1.31. The molecule has 139 valence electrons. The zero-order chi connectivity index (χ0) is 18.5. The number of hydrogen-bond acceptors (Lipinski definition) is 5. The minimum absolute atomic E-state index is 0. The topological polar surface area (TPSA) is 77.1 Å². The van der Waals surface area contributed by atoms with Crippen LogP contribution in [0.1, 0.15) is 23.7 Å². The Balaban J connectivity index is 0.00000261. The van der Waals surface area contributed by atoms with Gasteiger partial charge in [-0.25, -0.2) is 4.98 Å². The molecule has 0 saturated carbocycles. The summed E-state index contributed by atoms with van der Waals surface area (Å²) in [6, 6.07) is 7.74. The van der Waals surface area contributed by atoms with Crippen molar-refractivity contribution in [1.82, 2.24) is 15.0 Å². The number of nitrogens with zero attached hydrogens (tertiary/aromatic N) is 2. The summed E-state index contributed by atoms with van der Waals surface area (Å²) in [6.45, 7) is 7.57. The Bertz CT molecular complexity index is 930. The zero-order valence-electron chi connectivity index (χ0n) is 16.2. The molecule has 1 aromatic carbocycles. The van der Waals surface area contributed by atoms with Crippen LogP contribution in [-0.4, -0.2) is 68.5 Å². The number of imidazole rings is 1. The number of pyridine rings is 1. The molecule has 0 aliphatic carbocycles. The van der Waals surface area contributed by atoms with Gasteiger partial charge in [-0.2, -0.15) is 0 Å². The maximum Gasteiger partial charge on any atom is 0.197 e. The Hall–Kier alpha value is -1.25. The van der Waals surface area contributed by atoms with E-state index in [-0.39, 0.29) is 35.3 Å². The van der Waals surface area contributed by atoms with Crippen molar-refractivity contribution < 1.29 is 13.7 Å². The maximum absolute atomic E-state index is 12.7. The van der Waals surface area contributed by atoms with Gasteiger partial charge in [0.15, 0.2) is 5.16 Å². The van der Waals surface area contributed by atoms with Gasteiger partial charge in [-0.3, -0.25) is 9.19 Å². The first-order valence-electron chi connectivity index (χ1n) is 8.58. The summed E-state index contributed by atoms with van der Waals surface area (Å²) in [5.41, 5.74) is 4.48. The summed E-state index contributed by atoms with van der Waals surface area (Å²) >= 11 is 0. The molecule has 27 heavy (non-hydrogen) atoms. The monoisotopic (exact) mass is 396 g/mol. The van der Waals surface area contributed by atoms with Crippen molar-refractivity contribution in [3.8, 4) is 5.75 Å². The molecule has 2 heterocycles. The van der Waals surface area contributed by atoms with Crippen molar-refractivity contribution in [1.29, 1.82) is 0 Å².